The highest BCUT2D eigenvalue weighted by molar-refractivity contribution is 7.89. The Morgan fingerprint density at radius 3 is 2.03 bits per heavy atom. The molecule has 4 bridgehead atoms. The van der Waals surface area contributed by atoms with Crippen LogP contribution < -0.4 is 0 Å². The van der Waals surface area contributed by atoms with Crippen LogP contribution in [0.15, 0.2) is 47.4 Å². The van der Waals surface area contributed by atoms with Crippen LogP contribution in [0.5, 0.6) is 0 Å². The van der Waals surface area contributed by atoms with Crippen molar-refractivity contribution >= 4 is 26.7 Å². The number of carbonyl (C=O) groups excluding carboxylic acids is 1. The summed E-state index contributed by atoms with van der Waals surface area (Å²) in [5.41, 5.74) is 0. The highest BCUT2D eigenvalue weighted by atomic mass is 32.2. The maximum Gasteiger partial charge on any atom is 0.243 e. The number of piperazine rings is 1. The minimum absolute atomic E-state index is 0.191. The van der Waals surface area contributed by atoms with Crippen molar-refractivity contribution in [3.05, 3.63) is 42.5 Å². The standard InChI is InChI=1S/C25H30N2O3S/c28-25(24-21-12-17-11-18(14-21)15-22(24)13-17)26-7-9-27(10-8-26)31(29,30)23-6-5-19-3-1-2-4-20(19)16-23/h1-6,16-18,21-22,24H,7-15H2. The van der Waals surface area contributed by atoms with Crippen LogP contribution in [0.4, 0.5) is 0 Å². The maximum atomic E-state index is 13.4. The second kappa shape index (κ2) is 7.31. The van der Waals surface area contributed by atoms with Crippen LogP contribution in [0.1, 0.15) is 32.1 Å². The lowest BCUT2D eigenvalue weighted by atomic mass is 9.51. The zero-order chi connectivity index (χ0) is 21.2. The largest absolute Gasteiger partial charge is 0.340 e. The summed E-state index contributed by atoms with van der Waals surface area (Å²) in [6, 6.07) is 13.1. The summed E-state index contributed by atoms with van der Waals surface area (Å²) in [7, 11) is -3.55. The molecule has 1 amide bonds. The van der Waals surface area contributed by atoms with Gasteiger partial charge in [-0.05, 0) is 78.7 Å². The number of amides is 1. The number of hydrogen-bond donors (Lipinski definition) is 0. The van der Waals surface area contributed by atoms with Crippen molar-refractivity contribution in [1.29, 1.82) is 0 Å². The molecule has 0 atom stereocenters. The molecule has 5 fully saturated rings. The summed E-state index contributed by atoms with van der Waals surface area (Å²) in [6.07, 6.45) is 6.33. The highest BCUT2D eigenvalue weighted by Crippen LogP contribution is 2.56. The monoisotopic (exact) mass is 438 g/mol. The Balaban J connectivity index is 1.15. The van der Waals surface area contributed by atoms with E-state index >= 15 is 0 Å². The van der Waals surface area contributed by atoms with Crippen LogP contribution >= 0.6 is 0 Å². The molecule has 31 heavy (non-hydrogen) atoms. The van der Waals surface area contributed by atoms with E-state index in [9.17, 15) is 13.2 Å². The summed E-state index contributed by atoms with van der Waals surface area (Å²) >= 11 is 0. The van der Waals surface area contributed by atoms with Crippen LogP contribution in [-0.4, -0.2) is 49.7 Å². The minimum atomic E-state index is -3.55. The van der Waals surface area contributed by atoms with Gasteiger partial charge in [0.15, 0.2) is 0 Å². The summed E-state index contributed by atoms with van der Waals surface area (Å²) < 4.78 is 28.0. The summed E-state index contributed by atoms with van der Waals surface area (Å²) in [6.45, 7) is 1.78. The molecule has 0 unspecified atom stereocenters. The predicted octanol–water partition coefficient (Wildman–Crippen LogP) is 3.75. The highest BCUT2D eigenvalue weighted by Gasteiger charge is 2.51. The molecule has 4 saturated carbocycles. The lowest BCUT2D eigenvalue weighted by Crippen LogP contribution is -2.56. The van der Waals surface area contributed by atoms with E-state index in [1.165, 1.54) is 32.1 Å². The molecular formula is C25H30N2O3S. The third-order valence-corrected chi connectivity index (χ3v) is 10.3. The van der Waals surface area contributed by atoms with Crippen LogP contribution in [0.3, 0.4) is 0 Å². The first-order valence-corrected chi connectivity index (χ1v) is 13.2. The number of rotatable bonds is 3. The maximum absolute atomic E-state index is 13.4. The number of benzene rings is 2. The second-order valence-electron chi connectivity index (χ2n) is 10.2. The van der Waals surface area contributed by atoms with Gasteiger partial charge < -0.3 is 4.90 Å². The van der Waals surface area contributed by atoms with Gasteiger partial charge >= 0.3 is 0 Å². The van der Waals surface area contributed by atoms with Crippen molar-refractivity contribution in [3.63, 3.8) is 0 Å². The van der Waals surface area contributed by atoms with E-state index in [0.29, 0.717) is 48.8 Å². The molecule has 5 aliphatic rings. The number of carbonyl (C=O) groups is 1. The first-order valence-electron chi connectivity index (χ1n) is 11.8. The third-order valence-electron chi connectivity index (χ3n) is 8.42. The van der Waals surface area contributed by atoms with Crippen LogP contribution in [0.25, 0.3) is 10.8 Å². The van der Waals surface area contributed by atoms with E-state index in [-0.39, 0.29) is 5.92 Å². The van der Waals surface area contributed by atoms with Gasteiger partial charge in [-0.25, -0.2) is 8.42 Å². The van der Waals surface area contributed by atoms with Crippen LogP contribution in [0.2, 0.25) is 0 Å². The quantitative estimate of drug-likeness (QED) is 0.733. The average Bonchev–Trinajstić information content (AvgIpc) is 2.78. The van der Waals surface area contributed by atoms with Crippen LogP contribution in [0, 0.1) is 29.6 Å². The lowest BCUT2D eigenvalue weighted by Gasteiger charge is -2.54. The Kier molecular flexibility index (Phi) is 4.65. The third kappa shape index (κ3) is 3.30. The molecule has 164 valence electrons. The fourth-order valence-electron chi connectivity index (χ4n) is 7.17. The average molecular weight is 439 g/mol. The molecule has 0 aromatic heterocycles. The van der Waals surface area contributed by atoms with E-state index in [1.807, 2.05) is 35.2 Å². The molecule has 1 heterocycles. The number of hydrogen-bond acceptors (Lipinski definition) is 3. The molecule has 4 aliphatic carbocycles. The molecule has 1 saturated heterocycles. The zero-order valence-corrected chi connectivity index (χ0v) is 18.6. The predicted molar refractivity (Wildman–Crippen MR) is 120 cm³/mol. The molecule has 6 heteroatoms. The van der Waals surface area contributed by atoms with Crippen molar-refractivity contribution in [2.75, 3.05) is 26.2 Å². The summed E-state index contributed by atoms with van der Waals surface area (Å²) in [4.78, 5) is 15.7. The van der Waals surface area contributed by atoms with E-state index in [1.54, 1.807) is 16.4 Å². The molecule has 0 N–H and O–H groups in total. The Bertz CT molecular complexity index is 1090. The van der Waals surface area contributed by atoms with Gasteiger partial charge in [-0.15, -0.1) is 0 Å². The van der Waals surface area contributed by atoms with Crippen molar-refractivity contribution in [2.45, 2.75) is 37.0 Å². The molecule has 2 aromatic rings. The Morgan fingerprint density at radius 2 is 1.39 bits per heavy atom. The normalized spacial score (nSPS) is 33.2. The van der Waals surface area contributed by atoms with Crippen molar-refractivity contribution in [1.82, 2.24) is 9.21 Å². The topological polar surface area (TPSA) is 57.7 Å². The fourth-order valence-corrected chi connectivity index (χ4v) is 8.62. The van der Waals surface area contributed by atoms with Gasteiger partial charge in [0.05, 0.1) is 4.90 Å². The second-order valence-corrected chi connectivity index (χ2v) is 12.1. The molecule has 5 nitrogen and oxygen atoms in total. The van der Waals surface area contributed by atoms with Gasteiger partial charge in [-0.1, -0.05) is 30.3 Å². The Hall–Kier alpha value is -1.92. The molecule has 0 spiro atoms. The fraction of sp³-hybridized carbons (Fsp3) is 0.560. The smallest absolute Gasteiger partial charge is 0.243 e. The van der Waals surface area contributed by atoms with E-state index in [0.717, 1.165) is 22.6 Å². The van der Waals surface area contributed by atoms with Gasteiger partial charge in [-0.3, -0.25) is 4.79 Å². The van der Waals surface area contributed by atoms with Gasteiger partial charge in [0.1, 0.15) is 0 Å². The first kappa shape index (κ1) is 19.7. The van der Waals surface area contributed by atoms with E-state index < -0.39 is 10.0 Å². The summed E-state index contributed by atoms with van der Waals surface area (Å²) in [5, 5.41) is 1.96. The summed E-state index contributed by atoms with van der Waals surface area (Å²) in [5.74, 6) is 3.35. The van der Waals surface area contributed by atoms with Gasteiger partial charge in [-0.2, -0.15) is 4.31 Å². The van der Waals surface area contributed by atoms with Crippen LogP contribution in [-0.2, 0) is 14.8 Å². The molecular weight excluding hydrogens is 408 g/mol. The first-order chi connectivity index (χ1) is 15.0. The molecule has 7 rings (SSSR count). The van der Waals surface area contributed by atoms with Gasteiger partial charge in [0.2, 0.25) is 15.9 Å². The number of sulfonamides is 1. The number of nitrogens with zero attached hydrogens (tertiary/aromatic N) is 2. The number of fused-ring (bicyclic) bond motifs is 1. The van der Waals surface area contributed by atoms with Crippen molar-refractivity contribution in [3.8, 4) is 0 Å². The van der Waals surface area contributed by atoms with Crippen molar-refractivity contribution in [2.24, 2.45) is 29.6 Å². The minimum Gasteiger partial charge on any atom is -0.340 e. The van der Waals surface area contributed by atoms with E-state index in [2.05, 4.69) is 0 Å². The Morgan fingerprint density at radius 1 is 0.774 bits per heavy atom. The van der Waals surface area contributed by atoms with Gasteiger partial charge in [0, 0.05) is 32.1 Å². The van der Waals surface area contributed by atoms with Gasteiger partial charge in [0.25, 0.3) is 0 Å². The zero-order valence-electron chi connectivity index (χ0n) is 17.8. The Labute approximate surface area is 184 Å². The SMILES string of the molecule is O=C(C1C2CC3CC(C2)CC1C3)N1CCN(S(=O)(=O)c2ccc3ccccc3c2)CC1. The van der Waals surface area contributed by atoms with Crippen molar-refractivity contribution < 1.29 is 13.2 Å². The van der Waals surface area contributed by atoms with E-state index in [4.69, 9.17) is 0 Å². The molecule has 2 aromatic carbocycles. The lowest BCUT2D eigenvalue weighted by molar-refractivity contribution is -0.150. The molecule has 1 aliphatic heterocycles. The molecule has 0 radical (unpaired) electrons.